The molecule has 1 aliphatic rings. The highest BCUT2D eigenvalue weighted by molar-refractivity contribution is 5.75. The van der Waals surface area contributed by atoms with Gasteiger partial charge in [-0.15, -0.1) is 0 Å². The number of nitrogens with zero attached hydrogens (tertiary/aromatic N) is 1. The normalized spacial score (nSPS) is 17.5. The lowest BCUT2D eigenvalue weighted by Gasteiger charge is -2.27. The number of para-hydroxylation sites is 1. The van der Waals surface area contributed by atoms with Gasteiger partial charge in [0, 0.05) is 0 Å². The van der Waals surface area contributed by atoms with E-state index in [-0.39, 0.29) is 11.9 Å². The van der Waals surface area contributed by atoms with E-state index in [9.17, 15) is 4.79 Å². The summed E-state index contributed by atoms with van der Waals surface area (Å²) in [5.74, 6) is 0.572. The third kappa shape index (κ3) is 4.57. The van der Waals surface area contributed by atoms with Gasteiger partial charge in [-0.05, 0) is 63.9 Å². The van der Waals surface area contributed by atoms with Crippen molar-refractivity contribution in [2.75, 3.05) is 19.6 Å². The second-order valence-electron chi connectivity index (χ2n) is 6.23. The maximum atomic E-state index is 12.2. The predicted molar refractivity (Wildman–Crippen MR) is 85.6 cm³/mol. The molecule has 1 atom stereocenters. The maximum Gasteiger partial charge on any atom is 0.314 e. The van der Waals surface area contributed by atoms with E-state index in [1.807, 2.05) is 39.0 Å². The standard InChI is InChI=1S/C18H27NO2/c1-14-8-7-9-15(2)17(14)21-18(20)16(3)10-13-19-11-5-4-6-12-19/h7-9,16H,4-6,10-13H2,1-3H3. The second-order valence-corrected chi connectivity index (χ2v) is 6.23. The third-order valence-electron chi connectivity index (χ3n) is 4.34. The Morgan fingerprint density at radius 3 is 2.43 bits per heavy atom. The van der Waals surface area contributed by atoms with Crippen LogP contribution in [0.2, 0.25) is 0 Å². The molecule has 1 fully saturated rings. The Balaban J connectivity index is 1.84. The first kappa shape index (κ1) is 16.0. The molecule has 0 N–H and O–H groups in total. The molecule has 1 unspecified atom stereocenters. The van der Waals surface area contributed by atoms with Crippen molar-refractivity contribution in [3.8, 4) is 5.75 Å². The van der Waals surface area contributed by atoms with Gasteiger partial charge in [-0.25, -0.2) is 0 Å². The summed E-state index contributed by atoms with van der Waals surface area (Å²) in [5.41, 5.74) is 2.04. The summed E-state index contributed by atoms with van der Waals surface area (Å²) in [6, 6.07) is 5.95. The van der Waals surface area contributed by atoms with Crippen molar-refractivity contribution in [2.24, 2.45) is 5.92 Å². The predicted octanol–water partition coefficient (Wildman–Crippen LogP) is 3.72. The summed E-state index contributed by atoms with van der Waals surface area (Å²) in [6.45, 7) is 9.29. The van der Waals surface area contributed by atoms with Gasteiger partial charge < -0.3 is 9.64 Å². The van der Waals surface area contributed by atoms with Gasteiger partial charge >= 0.3 is 5.97 Å². The van der Waals surface area contributed by atoms with Gasteiger partial charge in [0.15, 0.2) is 0 Å². The van der Waals surface area contributed by atoms with Crippen LogP contribution in [0.4, 0.5) is 0 Å². The van der Waals surface area contributed by atoms with E-state index in [2.05, 4.69) is 4.90 Å². The van der Waals surface area contributed by atoms with E-state index in [4.69, 9.17) is 4.74 Å². The van der Waals surface area contributed by atoms with Crippen LogP contribution in [0.1, 0.15) is 43.7 Å². The van der Waals surface area contributed by atoms with Crippen molar-refractivity contribution in [1.29, 1.82) is 0 Å². The fourth-order valence-electron chi connectivity index (χ4n) is 2.84. The van der Waals surface area contributed by atoms with Crippen LogP contribution in [0, 0.1) is 19.8 Å². The maximum absolute atomic E-state index is 12.2. The number of piperidine rings is 1. The number of benzene rings is 1. The van der Waals surface area contributed by atoms with Crippen molar-refractivity contribution in [1.82, 2.24) is 4.90 Å². The number of hydrogen-bond donors (Lipinski definition) is 0. The Morgan fingerprint density at radius 1 is 1.19 bits per heavy atom. The van der Waals surface area contributed by atoms with Gasteiger partial charge in [-0.1, -0.05) is 31.5 Å². The first-order valence-electron chi connectivity index (χ1n) is 8.08. The van der Waals surface area contributed by atoms with Crippen molar-refractivity contribution in [3.63, 3.8) is 0 Å². The largest absolute Gasteiger partial charge is 0.426 e. The average molecular weight is 289 g/mol. The Morgan fingerprint density at radius 2 is 1.81 bits per heavy atom. The molecule has 0 radical (unpaired) electrons. The van der Waals surface area contributed by atoms with Gasteiger partial charge in [0.25, 0.3) is 0 Å². The molecular formula is C18H27NO2. The number of aryl methyl sites for hydroxylation is 2. The summed E-state index contributed by atoms with van der Waals surface area (Å²) in [6.07, 6.45) is 4.81. The minimum absolute atomic E-state index is 0.0501. The van der Waals surface area contributed by atoms with Crippen LogP contribution >= 0.6 is 0 Å². The topological polar surface area (TPSA) is 29.5 Å². The van der Waals surface area contributed by atoms with Crippen LogP contribution in [0.25, 0.3) is 0 Å². The molecule has 0 bridgehead atoms. The number of carbonyl (C=O) groups is 1. The zero-order valence-corrected chi connectivity index (χ0v) is 13.5. The van der Waals surface area contributed by atoms with E-state index in [1.54, 1.807) is 0 Å². The quantitative estimate of drug-likeness (QED) is 0.611. The molecular weight excluding hydrogens is 262 g/mol. The Hall–Kier alpha value is -1.35. The molecule has 0 saturated carbocycles. The molecule has 0 aliphatic carbocycles. The number of carbonyl (C=O) groups excluding carboxylic acids is 1. The van der Waals surface area contributed by atoms with Crippen LogP contribution in [-0.4, -0.2) is 30.5 Å². The van der Waals surface area contributed by atoms with E-state index in [1.165, 1.54) is 32.4 Å². The first-order chi connectivity index (χ1) is 10.1. The van der Waals surface area contributed by atoms with Gasteiger partial charge in [0.1, 0.15) is 5.75 Å². The molecule has 3 nitrogen and oxygen atoms in total. The molecule has 0 amide bonds. The monoisotopic (exact) mass is 289 g/mol. The van der Waals surface area contributed by atoms with Crippen molar-refractivity contribution < 1.29 is 9.53 Å². The summed E-state index contributed by atoms with van der Waals surface area (Å²) < 4.78 is 5.62. The molecule has 1 heterocycles. The van der Waals surface area contributed by atoms with Gasteiger partial charge in [0.05, 0.1) is 5.92 Å². The van der Waals surface area contributed by atoms with E-state index in [0.717, 1.165) is 29.8 Å². The van der Waals surface area contributed by atoms with Crippen LogP contribution < -0.4 is 4.74 Å². The number of rotatable bonds is 5. The van der Waals surface area contributed by atoms with Crippen LogP contribution in [0.3, 0.4) is 0 Å². The minimum Gasteiger partial charge on any atom is -0.426 e. The fourth-order valence-corrected chi connectivity index (χ4v) is 2.84. The summed E-state index contributed by atoms with van der Waals surface area (Å²) in [7, 11) is 0. The number of ether oxygens (including phenoxy) is 1. The SMILES string of the molecule is Cc1cccc(C)c1OC(=O)C(C)CCN1CCCCC1. The molecule has 1 aromatic carbocycles. The van der Waals surface area contributed by atoms with Crippen molar-refractivity contribution in [3.05, 3.63) is 29.3 Å². The molecule has 1 saturated heterocycles. The van der Waals surface area contributed by atoms with Crippen LogP contribution in [0.5, 0.6) is 5.75 Å². The first-order valence-corrected chi connectivity index (χ1v) is 8.08. The molecule has 116 valence electrons. The van der Waals surface area contributed by atoms with Gasteiger partial charge in [-0.2, -0.15) is 0 Å². The summed E-state index contributed by atoms with van der Waals surface area (Å²) in [4.78, 5) is 14.7. The Bertz CT molecular complexity index is 458. The molecule has 1 aromatic rings. The highest BCUT2D eigenvalue weighted by atomic mass is 16.5. The van der Waals surface area contributed by atoms with Gasteiger partial charge in [-0.3, -0.25) is 4.79 Å². The minimum atomic E-state index is -0.107. The van der Waals surface area contributed by atoms with E-state index >= 15 is 0 Å². The smallest absolute Gasteiger partial charge is 0.314 e. The average Bonchev–Trinajstić information content (AvgIpc) is 2.49. The lowest BCUT2D eigenvalue weighted by Crippen LogP contribution is -2.32. The van der Waals surface area contributed by atoms with Gasteiger partial charge in [0.2, 0.25) is 0 Å². The highest BCUT2D eigenvalue weighted by Crippen LogP contribution is 2.24. The molecule has 0 spiro atoms. The number of likely N-dealkylation sites (tertiary alicyclic amines) is 1. The highest BCUT2D eigenvalue weighted by Gasteiger charge is 2.19. The summed E-state index contributed by atoms with van der Waals surface area (Å²) >= 11 is 0. The zero-order valence-electron chi connectivity index (χ0n) is 13.5. The zero-order chi connectivity index (χ0) is 15.2. The van der Waals surface area contributed by atoms with Crippen molar-refractivity contribution in [2.45, 2.75) is 46.5 Å². The Labute approximate surface area is 128 Å². The molecule has 2 rings (SSSR count). The second kappa shape index (κ2) is 7.60. The van der Waals surface area contributed by atoms with Crippen LogP contribution in [-0.2, 0) is 4.79 Å². The van der Waals surface area contributed by atoms with E-state index < -0.39 is 0 Å². The van der Waals surface area contributed by atoms with Crippen molar-refractivity contribution >= 4 is 5.97 Å². The lowest BCUT2D eigenvalue weighted by atomic mass is 10.1. The molecule has 1 aliphatic heterocycles. The molecule has 0 aromatic heterocycles. The Kier molecular flexibility index (Phi) is 5.80. The fraction of sp³-hybridized carbons (Fsp3) is 0.611. The third-order valence-corrected chi connectivity index (χ3v) is 4.34. The number of esters is 1. The van der Waals surface area contributed by atoms with Crippen LogP contribution in [0.15, 0.2) is 18.2 Å². The van der Waals surface area contributed by atoms with E-state index in [0.29, 0.717) is 0 Å². The summed E-state index contributed by atoms with van der Waals surface area (Å²) in [5, 5.41) is 0. The number of hydrogen-bond acceptors (Lipinski definition) is 3. The molecule has 3 heteroatoms. The lowest BCUT2D eigenvalue weighted by molar-refractivity contribution is -0.138. The molecule has 21 heavy (non-hydrogen) atoms.